The predicted molar refractivity (Wildman–Crippen MR) is 97.4 cm³/mol. The Hall–Kier alpha value is -3.12. The molecule has 142 valence electrons. The Morgan fingerprint density at radius 3 is 2.75 bits per heavy atom. The van der Waals surface area contributed by atoms with Crippen LogP contribution in [0.4, 0.5) is 13.2 Å². The molecule has 0 bridgehead atoms. The number of allylic oxidation sites excluding steroid dienone is 4. The third kappa shape index (κ3) is 2.60. The van der Waals surface area contributed by atoms with E-state index in [-0.39, 0.29) is 16.9 Å². The van der Waals surface area contributed by atoms with Gasteiger partial charge in [-0.05, 0) is 18.2 Å². The molecule has 0 aromatic carbocycles. The summed E-state index contributed by atoms with van der Waals surface area (Å²) < 4.78 is 42.3. The molecule has 2 unspecified atom stereocenters. The topological polar surface area (TPSA) is 76.5 Å². The van der Waals surface area contributed by atoms with Gasteiger partial charge in [0.1, 0.15) is 11.3 Å². The number of nitrogens with zero attached hydrogens (tertiary/aromatic N) is 5. The van der Waals surface area contributed by atoms with E-state index in [0.29, 0.717) is 10.9 Å². The zero-order valence-corrected chi connectivity index (χ0v) is 15.0. The van der Waals surface area contributed by atoms with Gasteiger partial charge in [-0.15, -0.1) is 11.6 Å². The van der Waals surface area contributed by atoms with E-state index in [1.165, 1.54) is 24.5 Å². The Morgan fingerprint density at radius 1 is 1.32 bits per heavy atom. The lowest BCUT2D eigenvalue weighted by atomic mass is 9.98. The van der Waals surface area contributed by atoms with Crippen LogP contribution in [-0.2, 0) is 13.2 Å². The van der Waals surface area contributed by atoms with Crippen molar-refractivity contribution in [2.75, 3.05) is 0 Å². The number of hydrogen-bond acceptors (Lipinski definition) is 4. The van der Waals surface area contributed by atoms with Gasteiger partial charge in [-0.25, -0.2) is 9.97 Å². The van der Waals surface area contributed by atoms with Crippen molar-refractivity contribution in [1.82, 2.24) is 19.1 Å². The van der Waals surface area contributed by atoms with Gasteiger partial charge in [0, 0.05) is 18.1 Å². The van der Waals surface area contributed by atoms with Crippen molar-refractivity contribution >= 4 is 39.4 Å². The van der Waals surface area contributed by atoms with Gasteiger partial charge >= 0.3 is 6.18 Å². The minimum Gasteiger partial charge on any atom is -0.333 e. The molecule has 6 nitrogen and oxygen atoms in total. The molecule has 0 aliphatic heterocycles. The molecule has 3 heterocycles. The van der Waals surface area contributed by atoms with Crippen molar-refractivity contribution in [2.24, 2.45) is 13.0 Å². The minimum atomic E-state index is -4.69. The largest absolute Gasteiger partial charge is 0.433 e. The number of aryl methyl sites for hydroxylation is 1. The van der Waals surface area contributed by atoms with Crippen LogP contribution in [0.1, 0.15) is 5.69 Å². The predicted octanol–water partition coefficient (Wildman–Crippen LogP) is 3.46. The Kier molecular flexibility index (Phi) is 4.05. The second-order valence-corrected chi connectivity index (χ2v) is 6.76. The number of aromatic nitrogens is 4. The summed E-state index contributed by atoms with van der Waals surface area (Å²) in [6, 6.07) is 4.12. The lowest BCUT2D eigenvalue weighted by molar-refractivity contribution is -0.141. The molecular formula is C18H11ClF3N5O. The number of hydrogen-bond donors (Lipinski definition) is 0. The summed E-state index contributed by atoms with van der Waals surface area (Å²) in [5.74, 6) is -0.742. The van der Waals surface area contributed by atoms with Crippen LogP contribution in [0.5, 0.6) is 0 Å². The Labute approximate surface area is 160 Å². The van der Waals surface area contributed by atoms with Gasteiger partial charge in [0.2, 0.25) is 0 Å². The maximum absolute atomic E-state index is 13.3. The molecule has 3 aromatic rings. The fourth-order valence-electron chi connectivity index (χ4n) is 3.26. The second kappa shape index (κ2) is 6.21. The average Bonchev–Trinajstić information content (AvgIpc) is 3.04. The van der Waals surface area contributed by atoms with Crippen LogP contribution >= 0.6 is 11.6 Å². The standard InChI is InChI=1S/C18H11ClF3N5O/c1-26-8-24-14-15(26)10-5-6-12(18(20,21)22)25-16(10)27(17(14)28)11-4-2-3-9(7-23)13(11)19/h2-6,8-9,13H,1H3. The van der Waals surface area contributed by atoms with Crippen LogP contribution in [0.3, 0.4) is 0 Å². The summed E-state index contributed by atoms with van der Waals surface area (Å²) in [6.07, 6.45) is 1.30. The highest BCUT2D eigenvalue weighted by molar-refractivity contribution is 6.26. The molecule has 0 amide bonds. The number of halogens is 4. The van der Waals surface area contributed by atoms with E-state index in [1.54, 1.807) is 17.7 Å². The molecule has 0 saturated carbocycles. The first-order valence-electron chi connectivity index (χ1n) is 8.10. The number of alkyl halides is 4. The van der Waals surface area contributed by atoms with Crippen molar-refractivity contribution in [3.63, 3.8) is 0 Å². The maximum atomic E-state index is 13.3. The Balaban J connectivity index is 2.16. The zero-order valence-electron chi connectivity index (χ0n) is 14.3. The van der Waals surface area contributed by atoms with E-state index in [0.717, 1.165) is 10.6 Å². The molecule has 3 aromatic heterocycles. The first-order valence-corrected chi connectivity index (χ1v) is 8.54. The van der Waals surface area contributed by atoms with E-state index in [9.17, 15) is 23.2 Å². The highest BCUT2D eigenvalue weighted by Crippen LogP contribution is 2.33. The van der Waals surface area contributed by atoms with E-state index in [2.05, 4.69) is 9.97 Å². The highest BCUT2D eigenvalue weighted by atomic mass is 35.5. The van der Waals surface area contributed by atoms with Gasteiger partial charge in [0.05, 0.1) is 29.2 Å². The number of nitriles is 1. The van der Waals surface area contributed by atoms with E-state index >= 15 is 0 Å². The molecule has 2 atom stereocenters. The van der Waals surface area contributed by atoms with E-state index < -0.39 is 28.7 Å². The van der Waals surface area contributed by atoms with Crippen LogP contribution in [0.15, 0.2) is 41.5 Å². The molecule has 4 rings (SSSR count). The molecule has 0 spiro atoms. The first kappa shape index (κ1) is 18.3. The molecule has 0 N–H and O–H groups in total. The van der Waals surface area contributed by atoms with Crippen LogP contribution in [0.2, 0.25) is 0 Å². The first-order chi connectivity index (χ1) is 13.2. The maximum Gasteiger partial charge on any atom is 0.433 e. The number of imidazole rings is 1. The normalized spacial score (nSPS) is 19.8. The van der Waals surface area contributed by atoms with Gasteiger partial charge in [0.25, 0.3) is 5.56 Å². The fourth-order valence-corrected chi connectivity index (χ4v) is 3.57. The van der Waals surface area contributed by atoms with Crippen molar-refractivity contribution in [3.8, 4) is 6.07 Å². The second-order valence-electron chi connectivity index (χ2n) is 6.29. The van der Waals surface area contributed by atoms with Gasteiger partial charge in [0.15, 0.2) is 5.52 Å². The number of fused-ring (bicyclic) bond motifs is 3. The molecule has 0 saturated heterocycles. The minimum absolute atomic E-state index is 0.0735. The lowest BCUT2D eigenvalue weighted by Gasteiger charge is -2.22. The van der Waals surface area contributed by atoms with E-state index in [1.807, 2.05) is 6.07 Å². The zero-order chi connectivity index (χ0) is 20.2. The molecule has 28 heavy (non-hydrogen) atoms. The summed E-state index contributed by atoms with van der Waals surface area (Å²) in [7, 11) is 1.63. The van der Waals surface area contributed by atoms with E-state index in [4.69, 9.17) is 11.6 Å². The molecule has 1 aliphatic rings. The van der Waals surface area contributed by atoms with Gasteiger partial charge < -0.3 is 4.57 Å². The summed E-state index contributed by atoms with van der Waals surface area (Å²) in [4.78, 5) is 20.9. The van der Waals surface area contributed by atoms with Crippen LogP contribution in [-0.4, -0.2) is 24.5 Å². The van der Waals surface area contributed by atoms with Crippen molar-refractivity contribution < 1.29 is 13.2 Å². The summed E-state index contributed by atoms with van der Waals surface area (Å²) >= 11 is 6.36. The average molecular weight is 406 g/mol. The van der Waals surface area contributed by atoms with Crippen LogP contribution in [0, 0.1) is 17.2 Å². The van der Waals surface area contributed by atoms with Crippen LogP contribution in [0.25, 0.3) is 27.8 Å². The third-order valence-corrected chi connectivity index (χ3v) is 5.06. The number of rotatable bonds is 1. The van der Waals surface area contributed by atoms with Gasteiger partial charge in [-0.2, -0.15) is 18.4 Å². The van der Waals surface area contributed by atoms with Crippen LogP contribution < -0.4 is 5.56 Å². The Morgan fingerprint density at radius 2 is 2.07 bits per heavy atom. The summed E-state index contributed by atoms with van der Waals surface area (Å²) in [5.41, 5.74) is -1.37. The van der Waals surface area contributed by atoms with Gasteiger partial charge in [-0.3, -0.25) is 9.36 Å². The van der Waals surface area contributed by atoms with Crippen molar-refractivity contribution in [2.45, 2.75) is 11.6 Å². The highest BCUT2D eigenvalue weighted by Gasteiger charge is 2.34. The SMILES string of the molecule is Cn1cnc2c(=O)n(C3=CC=CC(C#N)C3Cl)c3nc(C(F)(F)F)ccc3c21. The monoisotopic (exact) mass is 405 g/mol. The quantitative estimate of drug-likeness (QED) is 0.581. The van der Waals surface area contributed by atoms with Gasteiger partial charge in [-0.1, -0.05) is 12.2 Å². The third-order valence-electron chi connectivity index (χ3n) is 4.57. The summed E-state index contributed by atoms with van der Waals surface area (Å²) in [6.45, 7) is 0. The molecule has 1 aliphatic carbocycles. The van der Waals surface area contributed by atoms with Crippen molar-refractivity contribution in [3.05, 3.63) is 52.7 Å². The Bertz CT molecular complexity index is 1280. The van der Waals surface area contributed by atoms with Crippen molar-refractivity contribution in [1.29, 1.82) is 5.26 Å². The molecule has 10 heteroatoms. The molecule has 0 fully saturated rings. The lowest BCUT2D eigenvalue weighted by Crippen LogP contribution is -2.29. The number of pyridine rings is 2. The fraction of sp³-hybridized carbons (Fsp3) is 0.222. The molecule has 0 radical (unpaired) electrons. The molecular weight excluding hydrogens is 395 g/mol. The smallest absolute Gasteiger partial charge is 0.333 e. The summed E-state index contributed by atoms with van der Waals surface area (Å²) in [5, 5.41) is 8.63.